The minimum absolute atomic E-state index is 0.197. The number of rotatable bonds is 1. The number of nitrogens with zero attached hydrogens (tertiary/aromatic N) is 1. The van der Waals surface area contributed by atoms with Crippen molar-refractivity contribution in [3.63, 3.8) is 0 Å². The highest BCUT2D eigenvalue weighted by Gasteiger charge is 2.15. The van der Waals surface area contributed by atoms with Crippen molar-refractivity contribution >= 4 is 5.57 Å². The zero-order valence-corrected chi connectivity index (χ0v) is 7.45. The fourth-order valence-electron chi connectivity index (χ4n) is 1.31. The highest BCUT2D eigenvalue weighted by molar-refractivity contribution is 5.66. The lowest BCUT2D eigenvalue weighted by Crippen LogP contribution is -2.08. The van der Waals surface area contributed by atoms with Gasteiger partial charge in [0.05, 0.1) is 11.8 Å². The van der Waals surface area contributed by atoms with Crippen molar-refractivity contribution in [3.8, 4) is 6.07 Å². The molecule has 0 aliphatic carbocycles. The number of ether oxygens (including phenoxy) is 1. The van der Waals surface area contributed by atoms with Gasteiger partial charge >= 0.3 is 0 Å². The lowest BCUT2D eigenvalue weighted by atomic mass is 10.0. The van der Waals surface area contributed by atoms with Gasteiger partial charge in [-0.2, -0.15) is 5.26 Å². The third-order valence-electron chi connectivity index (χ3n) is 2.07. The molecule has 0 fully saturated rings. The van der Waals surface area contributed by atoms with E-state index < -0.39 is 0 Å². The molecule has 1 aromatic heterocycles. The smallest absolute Gasteiger partial charge is 0.204 e. The molecular weight excluding hydrogens is 178 g/mol. The maximum absolute atomic E-state index is 8.77. The summed E-state index contributed by atoms with van der Waals surface area (Å²) in [5.74, 6) is 0.197. The molecule has 0 atom stereocenters. The van der Waals surface area contributed by atoms with Crippen LogP contribution in [0.1, 0.15) is 12.1 Å². The number of hydrogen-bond acceptors (Lipinski definition) is 3. The maximum Gasteiger partial charge on any atom is 0.204 e. The van der Waals surface area contributed by atoms with Crippen LogP contribution in [0.3, 0.4) is 0 Å². The molecule has 0 bridgehead atoms. The first kappa shape index (κ1) is 8.45. The Morgan fingerprint density at radius 3 is 3.07 bits per heavy atom. The highest BCUT2D eigenvalue weighted by Crippen LogP contribution is 2.26. The molecule has 70 valence electrons. The lowest BCUT2D eigenvalue weighted by Gasteiger charge is -2.13. The van der Waals surface area contributed by atoms with E-state index in [1.54, 1.807) is 6.26 Å². The van der Waals surface area contributed by atoms with Crippen molar-refractivity contribution in [1.82, 2.24) is 4.98 Å². The second-order valence-corrected chi connectivity index (χ2v) is 2.98. The Balaban J connectivity index is 2.25. The van der Waals surface area contributed by atoms with Crippen LogP contribution in [0.15, 0.2) is 36.0 Å². The van der Waals surface area contributed by atoms with E-state index in [1.807, 2.05) is 24.4 Å². The SMILES string of the molecule is N#CC1=C(N)OC=C(c2ccc[nH]2)C1. The molecule has 2 rings (SSSR count). The zero-order valence-electron chi connectivity index (χ0n) is 7.45. The van der Waals surface area contributed by atoms with Crippen molar-refractivity contribution in [2.45, 2.75) is 6.42 Å². The van der Waals surface area contributed by atoms with Crippen molar-refractivity contribution < 1.29 is 4.74 Å². The summed E-state index contributed by atoms with van der Waals surface area (Å²) in [6.45, 7) is 0. The Kier molecular flexibility index (Phi) is 1.99. The Hall–Kier alpha value is -2.15. The molecule has 0 spiro atoms. The van der Waals surface area contributed by atoms with Gasteiger partial charge < -0.3 is 15.5 Å². The molecule has 0 saturated heterocycles. The van der Waals surface area contributed by atoms with E-state index in [2.05, 4.69) is 4.98 Å². The van der Waals surface area contributed by atoms with E-state index in [1.165, 1.54) is 0 Å². The van der Waals surface area contributed by atoms with Gasteiger partial charge in [0, 0.05) is 23.9 Å². The third-order valence-corrected chi connectivity index (χ3v) is 2.07. The molecule has 0 radical (unpaired) electrons. The van der Waals surface area contributed by atoms with Crippen LogP contribution in [0.2, 0.25) is 0 Å². The van der Waals surface area contributed by atoms with Crippen LogP contribution >= 0.6 is 0 Å². The summed E-state index contributed by atoms with van der Waals surface area (Å²) < 4.78 is 5.07. The fraction of sp³-hybridized carbons (Fsp3) is 0.100. The van der Waals surface area contributed by atoms with Gasteiger partial charge in [-0.15, -0.1) is 0 Å². The molecule has 0 aromatic carbocycles. The topological polar surface area (TPSA) is 74.8 Å². The average Bonchev–Trinajstić information content (AvgIpc) is 2.71. The monoisotopic (exact) mass is 187 g/mol. The molecule has 1 aliphatic heterocycles. The quantitative estimate of drug-likeness (QED) is 0.699. The summed E-state index contributed by atoms with van der Waals surface area (Å²) in [6, 6.07) is 5.84. The molecule has 3 N–H and O–H groups in total. The first-order chi connectivity index (χ1) is 6.81. The van der Waals surface area contributed by atoms with E-state index in [4.69, 9.17) is 15.7 Å². The number of hydrogen-bond donors (Lipinski definition) is 2. The average molecular weight is 187 g/mol. The van der Waals surface area contributed by atoms with Crippen molar-refractivity contribution in [3.05, 3.63) is 41.7 Å². The Labute approximate surface area is 81.3 Å². The number of aromatic amines is 1. The van der Waals surface area contributed by atoms with Crippen molar-refractivity contribution in [2.24, 2.45) is 5.73 Å². The van der Waals surface area contributed by atoms with Gasteiger partial charge in [0.15, 0.2) is 0 Å². The Bertz CT molecular complexity index is 434. The Morgan fingerprint density at radius 1 is 1.57 bits per heavy atom. The van der Waals surface area contributed by atoms with Crippen LogP contribution < -0.4 is 5.73 Å². The third kappa shape index (κ3) is 1.36. The summed E-state index contributed by atoms with van der Waals surface area (Å²) in [6.07, 6.45) is 3.91. The van der Waals surface area contributed by atoms with Gasteiger partial charge in [0.2, 0.25) is 5.88 Å². The van der Waals surface area contributed by atoms with E-state index >= 15 is 0 Å². The van der Waals surface area contributed by atoms with Gasteiger partial charge in [0.25, 0.3) is 0 Å². The number of nitrogens with one attached hydrogen (secondary N) is 1. The van der Waals surface area contributed by atoms with Crippen LogP contribution in [0.5, 0.6) is 0 Å². The standard InChI is InChI=1S/C10H9N3O/c11-5-7-4-8(6-14-10(7)12)9-2-1-3-13-9/h1-3,6,13H,4,12H2. The summed E-state index contributed by atoms with van der Waals surface area (Å²) in [7, 11) is 0. The van der Waals surface area contributed by atoms with Gasteiger partial charge in [0.1, 0.15) is 6.07 Å². The fourth-order valence-corrected chi connectivity index (χ4v) is 1.31. The molecule has 4 heteroatoms. The minimum Gasteiger partial charge on any atom is -0.448 e. The number of nitrogens with two attached hydrogens (primary N) is 1. The summed E-state index contributed by atoms with van der Waals surface area (Å²) in [5, 5.41) is 8.77. The zero-order chi connectivity index (χ0) is 9.97. The Morgan fingerprint density at radius 2 is 2.43 bits per heavy atom. The first-order valence-electron chi connectivity index (χ1n) is 4.19. The molecule has 0 saturated carbocycles. The van der Waals surface area contributed by atoms with Crippen LogP contribution in [-0.2, 0) is 4.74 Å². The van der Waals surface area contributed by atoms with Gasteiger partial charge in [-0.1, -0.05) is 0 Å². The van der Waals surface area contributed by atoms with E-state index in [9.17, 15) is 0 Å². The van der Waals surface area contributed by atoms with Crippen LogP contribution in [0.25, 0.3) is 5.57 Å². The predicted molar refractivity (Wildman–Crippen MR) is 51.3 cm³/mol. The number of aromatic nitrogens is 1. The van der Waals surface area contributed by atoms with Crippen molar-refractivity contribution in [1.29, 1.82) is 5.26 Å². The van der Waals surface area contributed by atoms with Gasteiger partial charge in [-0.25, -0.2) is 0 Å². The second-order valence-electron chi connectivity index (χ2n) is 2.98. The van der Waals surface area contributed by atoms with Crippen molar-refractivity contribution in [2.75, 3.05) is 0 Å². The summed E-state index contributed by atoms with van der Waals surface area (Å²) >= 11 is 0. The predicted octanol–water partition coefficient (Wildman–Crippen LogP) is 1.47. The van der Waals surface area contributed by atoms with Crippen LogP contribution in [0, 0.1) is 11.3 Å². The highest BCUT2D eigenvalue weighted by atomic mass is 16.5. The minimum atomic E-state index is 0.197. The molecule has 0 amide bonds. The molecular formula is C10H9N3O. The van der Waals surface area contributed by atoms with Gasteiger partial charge in [-0.05, 0) is 12.1 Å². The molecule has 4 nitrogen and oxygen atoms in total. The normalized spacial score (nSPS) is 15.8. The molecule has 2 heterocycles. The largest absolute Gasteiger partial charge is 0.448 e. The number of H-pyrrole nitrogens is 1. The number of nitriles is 1. The van der Waals surface area contributed by atoms with Crippen LogP contribution in [-0.4, -0.2) is 4.98 Å². The maximum atomic E-state index is 8.77. The van der Waals surface area contributed by atoms with E-state index in [0.717, 1.165) is 11.3 Å². The molecule has 1 aromatic rings. The first-order valence-corrected chi connectivity index (χ1v) is 4.19. The van der Waals surface area contributed by atoms with E-state index in [0.29, 0.717) is 12.0 Å². The molecule has 0 unspecified atom stereocenters. The van der Waals surface area contributed by atoms with Gasteiger partial charge in [-0.3, -0.25) is 0 Å². The lowest BCUT2D eigenvalue weighted by molar-refractivity contribution is 0.336. The van der Waals surface area contributed by atoms with Crippen LogP contribution in [0.4, 0.5) is 0 Å². The molecule has 14 heavy (non-hydrogen) atoms. The molecule has 1 aliphatic rings. The number of allylic oxidation sites excluding steroid dienone is 2. The summed E-state index contributed by atoms with van der Waals surface area (Å²) in [5.41, 5.74) is 7.84. The summed E-state index contributed by atoms with van der Waals surface area (Å²) in [4.78, 5) is 3.05. The van der Waals surface area contributed by atoms with E-state index in [-0.39, 0.29) is 5.88 Å². The second kappa shape index (κ2) is 3.30.